The third-order valence-electron chi connectivity index (χ3n) is 4.47. The van der Waals surface area contributed by atoms with Gasteiger partial charge in [0.2, 0.25) is 0 Å². The normalized spacial score (nSPS) is 19.9. The van der Waals surface area contributed by atoms with Crippen LogP contribution in [0, 0.1) is 5.92 Å². The maximum absolute atomic E-state index is 12.3. The van der Waals surface area contributed by atoms with Gasteiger partial charge in [-0.15, -0.1) is 0 Å². The van der Waals surface area contributed by atoms with Gasteiger partial charge in [-0.05, 0) is 30.9 Å². The number of carboxylic acid groups (broad SMARTS) is 1. The lowest BCUT2D eigenvalue weighted by atomic mass is 9.89. The number of carbonyl (C=O) groups is 2. The predicted octanol–water partition coefficient (Wildman–Crippen LogP) is 2.39. The lowest BCUT2D eigenvalue weighted by Gasteiger charge is -2.21. The maximum atomic E-state index is 12.3. The molecule has 1 aromatic rings. The van der Waals surface area contributed by atoms with Gasteiger partial charge >= 0.3 is 5.97 Å². The van der Waals surface area contributed by atoms with Crippen LogP contribution in [0.4, 0.5) is 0 Å². The average molecular weight is 347 g/mol. The molecule has 1 aliphatic rings. The molecule has 2 heterocycles. The molecule has 1 atom stereocenters. The highest BCUT2D eigenvalue weighted by atomic mass is 16.5. The van der Waals surface area contributed by atoms with Crippen molar-refractivity contribution >= 4 is 17.7 Å². The molecule has 0 spiro atoms. The first-order chi connectivity index (χ1) is 11.8. The van der Waals surface area contributed by atoms with Crippen LogP contribution in [-0.2, 0) is 16.1 Å². The van der Waals surface area contributed by atoms with Gasteiger partial charge in [0.15, 0.2) is 5.84 Å². The molecule has 0 aromatic carbocycles. The van der Waals surface area contributed by atoms with Crippen molar-refractivity contribution in [3.05, 3.63) is 29.1 Å². The Labute approximate surface area is 147 Å². The third kappa shape index (κ3) is 4.04. The smallest absolute Gasteiger partial charge is 0.338 e. The van der Waals surface area contributed by atoms with Gasteiger partial charge in [0.25, 0.3) is 5.91 Å². The van der Waals surface area contributed by atoms with Crippen molar-refractivity contribution in [3.63, 3.8) is 0 Å². The Kier molecular flexibility index (Phi) is 5.89. The number of unbranched alkanes of at least 4 members (excludes halogenated alkanes) is 1. The highest BCUT2D eigenvalue weighted by molar-refractivity contribution is 6.17. The topological polar surface area (TPSA) is 101 Å². The fourth-order valence-electron chi connectivity index (χ4n) is 2.42. The van der Waals surface area contributed by atoms with Crippen molar-refractivity contribution in [3.8, 4) is 0 Å². The molecular formula is C18H25N3O4. The van der Waals surface area contributed by atoms with E-state index in [2.05, 4.69) is 22.2 Å². The van der Waals surface area contributed by atoms with Gasteiger partial charge in [-0.2, -0.15) is 0 Å². The number of aromatic nitrogens is 1. The lowest BCUT2D eigenvalue weighted by Crippen LogP contribution is -2.41. The summed E-state index contributed by atoms with van der Waals surface area (Å²) in [6.45, 7) is 8.52. The Morgan fingerprint density at radius 2 is 2.16 bits per heavy atom. The molecule has 0 fully saturated rings. The number of amides is 1. The zero-order valence-electron chi connectivity index (χ0n) is 15.1. The Balaban J connectivity index is 2.30. The summed E-state index contributed by atoms with van der Waals surface area (Å²) >= 11 is 0. The molecular weight excluding hydrogens is 322 g/mol. The zero-order chi connectivity index (χ0) is 18.6. The fraction of sp³-hybridized carbons (Fsp3) is 0.556. The van der Waals surface area contributed by atoms with E-state index in [1.807, 2.05) is 13.8 Å². The second-order valence-corrected chi connectivity index (χ2v) is 6.67. The van der Waals surface area contributed by atoms with E-state index in [0.717, 1.165) is 12.8 Å². The Morgan fingerprint density at radius 3 is 2.72 bits per heavy atom. The lowest BCUT2D eigenvalue weighted by molar-refractivity contribution is -0.124. The first-order valence-corrected chi connectivity index (χ1v) is 8.51. The first kappa shape index (κ1) is 19.1. The summed E-state index contributed by atoms with van der Waals surface area (Å²) in [7, 11) is 0. The quantitative estimate of drug-likeness (QED) is 0.703. The molecule has 0 bridgehead atoms. The van der Waals surface area contributed by atoms with Gasteiger partial charge < -0.3 is 15.2 Å². The standard InChI is InChI=1S/C18H25N3O4/c1-5-6-7-25-10-12-8-13(16(22)23)14(19-9-12)15-20-17(24)18(4,21-15)11(2)3/h8-9,11H,5-7,10H2,1-4H3,(H,22,23)(H,20,21,24). The number of carbonyl (C=O) groups excluding carboxylic acids is 1. The van der Waals surface area contributed by atoms with Crippen LogP contribution in [0.15, 0.2) is 17.3 Å². The number of nitrogens with one attached hydrogen (secondary N) is 1. The Hall–Kier alpha value is -2.28. The summed E-state index contributed by atoms with van der Waals surface area (Å²) in [6.07, 6.45) is 3.55. The molecule has 136 valence electrons. The number of ether oxygens (including phenoxy) is 1. The minimum Gasteiger partial charge on any atom is -0.478 e. The van der Waals surface area contributed by atoms with Crippen molar-refractivity contribution in [2.24, 2.45) is 10.9 Å². The summed E-state index contributed by atoms with van der Waals surface area (Å²) in [5.41, 5.74) is -0.0747. The highest BCUT2D eigenvalue weighted by Crippen LogP contribution is 2.27. The average Bonchev–Trinajstić information content (AvgIpc) is 2.88. The van der Waals surface area contributed by atoms with Gasteiger partial charge in [0.05, 0.1) is 12.2 Å². The van der Waals surface area contributed by atoms with Crippen LogP contribution in [0.25, 0.3) is 0 Å². The number of hydrogen-bond donors (Lipinski definition) is 2. The van der Waals surface area contributed by atoms with Crippen LogP contribution < -0.4 is 5.32 Å². The van der Waals surface area contributed by atoms with Crippen LogP contribution in [0.3, 0.4) is 0 Å². The number of rotatable bonds is 8. The second-order valence-electron chi connectivity index (χ2n) is 6.67. The fourth-order valence-corrected chi connectivity index (χ4v) is 2.42. The van der Waals surface area contributed by atoms with Crippen LogP contribution in [0.2, 0.25) is 0 Å². The summed E-state index contributed by atoms with van der Waals surface area (Å²) < 4.78 is 5.51. The van der Waals surface area contributed by atoms with E-state index in [4.69, 9.17) is 4.74 Å². The molecule has 0 aliphatic carbocycles. The molecule has 1 aliphatic heterocycles. The van der Waals surface area contributed by atoms with Crippen molar-refractivity contribution in [2.45, 2.75) is 52.7 Å². The molecule has 1 aromatic heterocycles. The molecule has 2 rings (SSSR count). The summed E-state index contributed by atoms with van der Waals surface area (Å²) in [5.74, 6) is -1.18. The van der Waals surface area contributed by atoms with Crippen LogP contribution >= 0.6 is 0 Å². The zero-order valence-corrected chi connectivity index (χ0v) is 15.1. The van der Waals surface area contributed by atoms with E-state index < -0.39 is 11.5 Å². The molecule has 7 nitrogen and oxygen atoms in total. The Morgan fingerprint density at radius 1 is 1.44 bits per heavy atom. The largest absolute Gasteiger partial charge is 0.478 e. The monoisotopic (exact) mass is 347 g/mol. The summed E-state index contributed by atoms with van der Waals surface area (Å²) in [4.78, 5) is 32.5. The first-order valence-electron chi connectivity index (χ1n) is 8.51. The number of aromatic carboxylic acids is 1. The van der Waals surface area contributed by atoms with Crippen LogP contribution in [-0.4, -0.2) is 39.9 Å². The molecule has 0 saturated carbocycles. The van der Waals surface area contributed by atoms with Crippen LogP contribution in [0.5, 0.6) is 0 Å². The summed E-state index contributed by atoms with van der Waals surface area (Å²) in [6, 6.07) is 1.52. The van der Waals surface area contributed by atoms with E-state index in [-0.39, 0.29) is 28.9 Å². The van der Waals surface area contributed by atoms with Crippen molar-refractivity contribution in [1.29, 1.82) is 0 Å². The molecule has 1 unspecified atom stereocenters. The molecule has 0 radical (unpaired) electrons. The van der Waals surface area contributed by atoms with E-state index in [0.29, 0.717) is 18.8 Å². The Bertz CT molecular complexity index is 700. The summed E-state index contributed by atoms with van der Waals surface area (Å²) in [5, 5.41) is 12.2. The molecule has 0 saturated heterocycles. The van der Waals surface area contributed by atoms with Gasteiger partial charge in [-0.1, -0.05) is 27.2 Å². The minimum absolute atomic E-state index is 0.00338. The van der Waals surface area contributed by atoms with E-state index in [1.54, 1.807) is 13.1 Å². The van der Waals surface area contributed by atoms with Crippen LogP contribution in [0.1, 0.15) is 62.2 Å². The maximum Gasteiger partial charge on any atom is 0.338 e. The van der Waals surface area contributed by atoms with Crippen molar-refractivity contribution < 1.29 is 19.4 Å². The number of hydrogen-bond acceptors (Lipinski definition) is 5. The number of aliphatic imine (C=N–C) groups is 1. The number of pyridine rings is 1. The number of amidine groups is 1. The highest BCUT2D eigenvalue weighted by Gasteiger charge is 2.43. The molecule has 25 heavy (non-hydrogen) atoms. The SMILES string of the molecule is CCCCOCc1cnc(C2=NC(C)(C(C)C)C(=O)N2)c(C(=O)O)c1. The van der Waals surface area contributed by atoms with Gasteiger partial charge in [0.1, 0.15) is 11.2 Å². The van der Waals surface area contributed by atoms with E-state index in [9.17, 15) is 14.7 Å². The molecule has 7 heteroatoms. The number of nitrogens with zero attached hydrogens (tertiary/aromatic N) is 2. The predicted molar refractivity (Wildman–Crippen MR) is 93.7 cm³/mol. The van der Waals surface area contributed by atoms with E-state index >= 15 is 0 Å². The van der Waals surface area contributed by atoms with Gasteiger partial charge in [-0.25, -0.2) is 9.79 Å². The van der Waals surface area contributed by atoms with Gasteiger partial charge in [0, 0.05) is 12.8 Å². The molecule has 1 amide bonds. The van der Waals surface area contributed by atoms with Crippen molar-refractivity contribution in [1.82, 2.24) is 10.3 Å². The number of carboxylic acids is 1. The van der Waals surface area contributed by atoms with Gasteiger partial charge in [-0.3, -0.25) is 9.78 Å². The second kappa shape index (κ2) is 7.74. The minimum atomic E-state index is -1.12. The third-order valence-corrected chi connectivity index (χ3v) is 4.47. The van der Waals surface area contributed by atoms with Crippen molar-refractivity contribution in [2.75, 3.05) is 6.61 Å². The van der Waals surface area contributed by atoms with E-state index in [1.165, 1.54) is 6.07 Å². The molecule has 2 N–H and O–H groups in total.